The Balaban J connectivity index is 3.23. The van der Waals surface area contributed by atoms with Gasteiger partial charge in [-0.15, -0.1) is 11.3 Å². The largest absolute Gasteiger partial charge is 0.396 e. The summed E-state index contributed by atoms with van der Waals surface area (Å²) >= 11 is 1.57. The SMILES string of the molecule is CCC(C)(C)c1sc(C(C)(C)O)nc1CCO. The summed E-state index contributed by atoms with van der Waals surface area (Å²) in [5, 5.41) is 19.8. The Hall–Kier alpha value is -0.450. The molecule has 0 spiro atoms. The number of hydrogen-bond donors (Lipinski definition) is 2. The Morgan fingerprint density at radius 2 is 1.82 bits per heavy atom. The van der Waals surface area contributed by atoms with Crippen LogP contribution in [0.2, 0.25) is 0 Å². The quantitative estimate of drug-likeness (QED) is 0.852. The zero-order valence-corrected chi connectivity index (χ0v) is 12.2. The second-order valence-electron chi connectivity index (χ2n) is 5.56. The van der Waals surface area contributed by atoms with Crippen LogP contribution in [0.3, 0.4) is 0 Å². The van der Waals surface area contributed by atoms with E-state index in [1.54, 1.807) is 25.2 Å². The van der Waals surface area contributed by atoms with Crippen molar-refractivity contribution in [1.82, 2.24) is 4.98 Å². The Labute approximate surface area is 108 Å². The van der Waals surface area contributed by atoms with Crippen molar-refractivity contribution in [1.29, 1.82) is 0 Å². The minimum Gasteiger partial charge on any atom is -0.396 e. The van der Waals surface area contributed by atoms with Crippen LogP contribution in [0, 0.1) is 0 Å². The highest BCUT2D eigenvalue weighted by Crippen LogP contribution is 2.37. The van der Waals surface area contributed by atoms with Crippen molar-refractivity contribution >= 4 is 11.3 Å². The number of rotatable bonds is 5. The molecule has 0 aliphatic rings. The molecule has 98 valence electrons. The van der Waals surface area contributed by atoms with Crippen molar-refractivity contribution in [2.45, 2.75) is 58.5 Å². The smallest absolute Gasteiger partial charge is 0.124 e. The van der Waals surface area contributed by atoms with E-state index < -0.39 is 5.60 Å². The van der Waals surface area contributed by atoms with Gasteiger partial charge >= 0.3 is 0 Å². The Kier molecular flexibility index (Phi) is 4.33. The molecule has 0 saturated carbocycles. The van der Waals surface area contributed by atoms with Crippen molar-refractivity contribution < 1.29 is 10.2 Å². The van der Waals surface area contributed by atoms with Crippen LogP contribution in [0.25, 0.3) is 0 Å². The zero-order valence-electron chi connectivity index (χ0n) is 11.4. The van der Waals surface area contributed by atoms with Crippen molar-refractivity contribution in [3.63, 3.8) is 0 Å². The summed E-state index contributed by atoms with van der Waals surface area (Å²) in [5.41, 5.74) is 0.0734. The number of aromatic nitrogens is 1. The number of nitrogens with zero attached hydrogens (tertiary/aromatic N) is 1. The molecular formula is C13H23NO2S. The van der Waals surface area contributed by atoms with E-state index in [2.05, 4.69) is 25.8 Å². The van der Waals surface area contributed by atoms with Gasteiger partial charge in [0.05, 0.1) is 5.69 Å². The van der Waals surface area contributed by atoms with E-state index in [-0.39, 0.29) is 12.0 Å². The van der Waals surface area contributed by atoms with Gasteiger partial charge in [-0.2, -0.15) is 0 Å². The number of thiazole rings is 1. The van der Waals surface area contributed by atoms with Crippen molar-refractivity contribution in [3.05, 3.63) is 15.6 Å². The minimum absolute atomic E-state index is 0.0473. The van der Waals surface area contributed by atoms with Gasteiger partial charge in [0.25, 0.3) is 0 Å². The molecule has 0 aliphatic heterocycles. The maximum Gasteiger partial charge on any atom is 0.124 e. The minimum atomic E-state index is -0.906. The molecule has 3 nitrogen and oxygen atoms in total. The highest BCUT2D eigenvalue weighted by atomic mass is 32.1. The maximum atomic E-state index is 10.0. The lowest BCUT2D eigenvalue weighted by Gasteiger charge is -2.22. The highest BCUT2D eigenvalue weighted by molar-refractivity contribution is 7.12. The van der Waals surface area contributed by atoms with Crippen LogP contribution < -0.4 is 0 Å². The first-order chi connectivity index (χ1) is 7.72. The van der Waals surface area contributed by atoms with E-state index in [4.69, 9.17) is 5.11 Å². The molecule has 0 saturated heterocycles. The van der Waals surface area contributed by atoms with E-state index >= 15 is 0 Å². The van der Waals surface area contributed by atoms with Crippen molar-refractivity contribution in [2.75, 3.05) is 6.61 Å². The third-order valence-corrected chi connectivity index (χ3v) is 4.84. The van der Waals surface area contributed by atoms with Crippen molar-refractivity contribution in [3.8, 4) is 0 Å². The fourth-order valence-corrected chi connectivity index (χ4v) is 2.86. The summed E-state index contributed by atoms with van der Waals surface area (Å²) in [7, 11) is 0. The van der Waals surface area contributed by atoms with Gasteiger partial charge in [0.1, 0.15) is 10.6 Å². The molecule has 1 aromatic rings. The zero-order chi connectivity index (χ0) is 13.3. The van der Waals surface area contributed by atoms with Crippen LogP contribution >= 0.6 is 11.3 Å². The van der Waals surface area contributed by atoms with E-state index in [0.29, 0.717) is 6.42 Å². The Morgan fingerprint density at radius 3 is 2.24 bits per heavy atom. The molecule has 1 heterocycles. The summed E-state index contributed by atoms with van der Waals surface area (Å²) in [5.74, 6) is 0. The fourth-order valence-electron chi connectivity index (χ4n) is 1.58. The molecule has 0 atom stereocenters. The van der Waals surface area contributed by atoms with Crippen LogP contribution in [0.15, 0.2) is 0 Å². The first kappa shape index (κ1) is 14.6. The Bertz CT molecular complexity index is 377. The molecule has 4 heteroatoms. The summed E-state index contributed by atoms with van der Waals surface area (Å²) in [4.78, 5) is 5.68. The van der Waals surface area contributed by atoms with Gasteiger partial charge in [-0.25, -0.2) is 4.98 Å². The van der Waals surface area contributed by atoms with Crippen LogP contribution in [-0.2, 0) is 17.4 Å². The molecule has 17 heavy (non-hydrogen) atoms. The van der Waals surface area contributed by atoms with Crippen LogP contribution in [0.1, 0.15) is 56.6 Å². The fraction of sp³-hybridized carbons (Fsp3) is 0.769. The lowest BCUT2D eigenvalue weighted by Crippen LogP contribution is -2.16. The molecule has 0 radical (unpaired) electrons. The molecule has 2 N–H and O–H groups in total. The molecule has 0 aromatic carbocycles. The highest BCUT2D eigenvalue weighted by Gasteiger charge is 2.29. The van der Waals surface area contributed by atoms with E-state index in [9.17, 15) is 5.11 Å². The first-order valence-corrected chi connectivity index (χ1v) is 6.88. The second kappa shape index (κ2) is 5.04. The van der Waals surface area contributed by atoms with Gasteiger partial charge in [0, 0.05) is 23.3 Å². The molecule has 1 rings (SSSR count). The maximum absolute atomic E-state index is 10.0. The second-order valence-corrected chi connectivity index (χ2v) is 6.56. The number of aliphatic hydroxyl groups excluding tert-OH is 1. The topological polar surface area (TPSA) is 53.4 Å². The van der Waals surface area contributed by atoms with E-state index in [1.807, 2.05) is 0 Å². The molecule has 0 amide bonds. The third kappa shape index (κ3) is 3.27. The third-order valence-electron chi connectivity index (χ3n) is 3.07. The molecular weight excluding hydrogens is 234 g/mol. The summed E-state index contributed by atoms with van der Waals surface area (Å²) in [6, 6.07) is 0. The lowest BCUT2D eigenvalue weighted by atomic mass is 9.87. The van der Waals surface area contributed by atoms with Crippen LogP contribution in [0.5, 0.6) is 0 Å². The standard InChI is InChI=1S/C13H23NO2S/c1-6-12(2,3)10-9(7-8-15)14-11(17-10)13(4,5)16/h15-16H,6-8H2,1-5H3. The van der Waals surface area contributed by atoms with Crippen molar-refractivity contribution in [2.24, 2.45) is 0 Å². The van der Waals surface area contributed by atoms with Crippen LogP contribution in [-0.4, -0.2) is 21.8 Å². The summed E-state index contributed by atoms with van der Waals surface area (Å²) in [6.45, 7) is 10.1. The molecule has 0 fully saturated rings. The van der Waals surface area contributed by atoms with Gasteiger partial charge in [-0.05, 0) is 20.3 Å². The first-order valence-electron chi connectivity index (χ1n) is 6.06. The lowest BCUT2D eigenvalue weighted by molar-refractivity contribution is 0.0780. The molecule has 0 aliphatic carbocycles. The summed E-state index contributed by atoms with van der Waals surface area (Å²) in [6.07, 6.45) is 1.57. The Morgan fingerprint density at radius 1 is 1.24 bits per heavy atom. The average Bonchev–Trinajstić information content (AvgIpc) is 2.62. The molecule has 0 bridgehead atoms. The molecule has 0 unspecified atom stereocenters. The monoisotopic (exact) mass is 257 g/mol. The van der Waals surface area contributed by atoms with Gasteiger partial charge < -0.3 is 10.2 Å². The average molecular weight is 257 g/mol. The number of aliphatic hydroxyl groups is 2. The van der Waals surface area contributed by atoms with Gasteiger partial charge in [-0.1, -0.05) is 20.8 Å². The predicted octanol–water partition coefficient (Wildman–Crippen LogP) is 2.59. The predicted molar refractivity (Wildman–Crippen MR) is 71.5 cm³/mol. The molecule has 1 aromatic heterocycles. The van der Waals surface area contributed by atoms with Gasteiger partial charge in [-0.3, -0.25) is 0 Å². The normalized spacial score (nSPS) is 13.1. The van der Waals surface area contributed by atoms with Crippen LogP contribution in [0.4, 0.5) is 0 Å². The van der Waals surface area contributed by atoms with Gasteiger partial charge in [0.2, 0.25) is 0 Å². The summed E-state index contributed by atoms with van der Waals surface area (Å²) < 4.78 is 0. The van der Waals surface area contributed by atoms with E-state index in [0.717, 1.165) is 17.1 Å². The van der Waals surface area contributed by atoms with E-state index in [1.165, 1.54) is 4.88 Å². The van der Waals surface area contributed by atoms with Gasteiger partial charge in [0.15, 0.2) is 0 Å². The number of hydrogen-bond acceptors (Lipinski definition) is 4.